The largest absolute Gasteiger partial charge is 0.519 e. The van der Waals surface area contributed by atoms with E-state index in [0.29, 0.717) is 11.5 Å². The monoisotopic (exact) mass is 298 g/mol. The van der Waals surface area contributed by atoms with Crippen molar-refractivity contribution in [3.05, 3.63) is 59.7 Å². The number of rotatable bonds is 4. The van der Waals surface area contributed by atoms with E-state index in [2.05, 4.69) is 27.7 Å². The van der Waals surface area contributed by atoms with Gasteiger partial charge in [0, 0.05) is 0 Å². The van der Waals surface area contributed by atoms with Gasteiger partial charge >= 0.3 is 6.16 Å². The van der Waals surface area contributed by atoms with Gasteiger partial charge in [-0.2, -0.15) is 0 Å². The Morgan fingerprint density at radius 2 is 1.09 bits per heavy atom. The molecule has 2 aromatic carbocycles. The van der Waals surface area contributed by atoms with Crippen LogP contribution in [0.15, 0.2) is 48.5 Å². The molecule has 0 saturated heterocycles. The van der Waals surface area contributed by atoms with E-state index in [4.69, 9.17) is 9.47 Å². The normalized spacial score (nSPS) is 10.8. The Bertz CT molecular complexity index is 589. The van der Waals surface area contributed by atoms with Crippen LogP contribution in [0, 0.1) is 0 Å². The summed E-state index contributed by atoms with van der Waals surface area (Å²) in [6, 6.07) is 15.0. The minimum Gasteiger partial charge on any atom is -0.394 e. The number of carbonyl (C=O) groups is 1. The molecule has 2 aromatic rings. The number of hydrogen-bond acceptors (Lipinski definition) is 3. The van der Waals surface area contributed by atoms with Crippen LogP contribution in [0.5, 0.6) is 11.5 Å². The molecule has 0 heterocycles. The highest BCUT2D eigenvalue weighted by atomic mass is 16.7. The summed E-state index contributed by atoms with van der Waals surface area (Å²) in [5.74, 6) is 1.63. The van der Waals surface area contributed by atoms with Gasteiger partial charge in [0.2, 0.25) is 0 Å². The molecule has 0 N–H and O–H groups in total. The van der Waals surface area contributed by atoms with Crippen molar-refractivity contribution in [3.63, 3.8) is 0 Å². The maximum atomic E-state index is 12.1. The Kier molecular flexibility index (Phi) is 5.21. The van der Waals surface area contributed by atoms with Gasteiger partial charge in [-0.3, -0.25) is 0 Å². The summed E-state index contributed by atoms with van der Waals surface area (Å²) in [4.78, 5) is 12.1. The predicted molar refractivity (Wildman–Crippen MR) is 87.7 cm³/mol. The molecule has 0 aliphatic heterocycles. The van der Waals surface area contributed by atoms with Crippen LogP contribution in [0.1, 0.15) is 50.7 Å². The van der Waals surface area contributed by atoms with Crippen LogP contribution in [0.2, 0.25) is 0 Å². The lowest BCUT2D eigenvalue weighted by Crippen LogP contribution is -2.16. The third kappa shape index (κ3) is 3.88. The van der Waals surface area contributed by atoms with Crippen molar-refractivity contribution in [1.82, 2.24) is 0 Å². The molecule has 116 valence electrons. The van der Waals surface area contributed by atoms with E-state index in [1.807, 2.05) is 36.4 Å². The SMILES string of the molecule is CC(C)c1ccccc1OC(=O)Oc1ccccc1C(C)C. The summed E-state index contributed by atoms with van der Waals surface area (Å²) in [5.41, 5.74) is 1.97. The van der Waals surface area contributed by atoms with E-state index in [0.717, 1.165) is 11.1 Å². The lowest BCUT2D eigenvalue weighted by molar-refractivity contribution is 0.151. The Hall–Kier alpha value is -2.29. The zero-order chi connectivity index (χ0) is 16.1. The van der Waals surface area contributed by atoms with Crippen molar-refractivity contribution >= 4 is 6.16 Å². The average molecular weight is 298 g/mol. The minimum atomic E-state index is -0.707. The molecule has 0 atom stereocenters. The summed E-state index contributed by atoms with van der Waals surface area (Å²) in [5, 5.41) is 0. The molecular weight excluding hydrogens is 276 g/mol. The highest BCUT2D eigenvalue weighted by Gasteiger charge is 2.15. The molecule has 0 saturated carbocycles. The fourth-order valence-electron chi connectivity index (χ4n) is 2.30. The summed E-state index contributed by atoms with van der Waals surface area (Å²) >= 11 is 0. The summed E-state index contributed by atoms with van der Waals surface area (Å²) < 4.78 is 10.8. The van der Waals surface area contributed by atoms with Crippen molar-refractivity contribution in [3.8, 4) is 11.5 Å². The quantitative estimate of drug-likeness (QED) is 0.551. The molecule has 0 bridgehead atoms. The Morgan fingerprint density at radius 3 is 1.45 bits per heavy atom. The molecule has 3 heteroatoms. The third-order valence-electron chi connectivity index (χ3n) is 3.47. The first-order valence-electron chi connectivity index (χ1n) is 7.56. The van der Waals surface area contributed by atoms with Crippen LogP contribution in [-0.2, 0) is 0 Å². The van der Waals surface area contributed by atoms with Crippen molar-refractivity contribution in [2.24, 2.45) is 0 Å². The van der Waals surface area contributed by atoms with E-state index >= 15 is 0 Å². The molecule has 0 aliphatic carbocycles. The van der Waals surface area contributed by atoms with Crippen LogP contribution in [0.25, 0.3) is 0 Å². The van der Waals surface area contributed by atoms with Gasteiger partial charge in [-0.1, -0.05) is 64.1 Å². The lowest BCUT2D eigenvalue weighted by atomic mass is 10.0. The Morgan fingerprint density at radius 1 is 0.727 bits per heavy atom. The summed E-state index contributed by atoms with van der Waals surface area (Å²) in [6.45, 7) is 8.23. The third-order valence-corrected chi connectivity index (χ3v) is 3.47. The Labute approximate surface area is 131 Å². The highest BCUT2D eigenvalue weighted by molar-refractivity contribution is 5.68. The molecule has 0 amide bonds. The second kappa shape index (κ2) is 7.12. The second-order valence-corrected chi connectivity index (χ2v) is 5.84. The molecule has 3 nitrogen and oxygen atoms in total. The van der Waals surface area contributed by atoms with E-state index in [1.165, 1.54) is 0 Å². The molecule has 0 aromatic heterocycles. The second-order valence-electron chi connectivity index (χ2n) is 5.84. The fraction of sp³-hybridized carbons (Fsp3) is 0.316. The number of ether oxygens (including phenoxy) is 2. The molecular formula is C19H22O3. The van der Waals surface area contributed by atoms with E-state index in [9.17, 15) is 4.79 Å². The molecule has 22 heavy (non-hydrogen) atoms. The maximum absolute atomic E-state index is 12.1. The van der Waals surface area contributed by atoms with Gasteiger partial charge < -0.3 is 9.47 Å². The van der Waals surface area contributed by atoms with E-state index in [-0.39, 0.29) is 11.8 Å². The van der Waals surface area contributed by atoms with Crippen molar-refractivity contribution in [2.45, 2.75) is 39.5 Å². The van der Waals surface area contributed by atoms with E-state index in [1.54, 1.807) is 12.1 Å². The van der Waals surface area contributed by atoms with Gasteiger partial charge in [-0.25, -0.2) is 4.79 Å². The van der Waals surface area contributed by atoms with Gasteiger partial charge in [0.15, 0.2) is 0 Å². The fourth-order valence-corrected chi connectivity index (χ4v) is 2.30. The first-order chi connectivity index (χ1) is 10.5. The molecule has 0 aliphatic rings. The summed E-state index contributed by atoms with van der Waals surface area (Å²) in [6.07, 6.45) is -0.707. The number of carbonyl (C=O) groups excluding carboxylic acids is 1. The summed E-state index contributed by atoms with van der Waals surface area (Å²) in [7, 11) is 0. The van der Waals surface area contributed by atoms with E-state index < -0.39 is 6.16 Å². The molecule has 0 unspecified atom stereocenters. The first-order valence-corrected chi connectivity index (χ1v) is 7.56. The van der Waals surface area contributed by atoms with Gasteiger partial charge in [0.1, 0.15) is 11.5 Å². The van der Waals surface area contributed by atoms with Crippen LogP contribution in [-0.4, -0.2) is 6.16 Å². The number of para-hydroxylation sites is 2. The van der Waals surface area contributed by atoms with Crippen molar-refractivity contribution in [2.75, 3.05) is 0 Å². The van der Waals surface area contributed by atoms with Gasteiger partial charge in [0.25, 0.3) is 0 Å². The van der Waals surface area contributed by atoms with Gasteiger partial charge in [-0.15, -0.1) is 0 Å². The van der Waals surface area contributed by atoms with Crippen LogP contribution >= 0.6 is 0 Å². The maximum Gasteiger partial charge on any atom is 0.519 e. The predicted octanol–water partition coefficient (Wildman–Crippen LogP) is 5.51. The lowest BCUT2D eigenvalue weighted by Gasteiger charge is -2.14. The molecule has 0 spiro atoms. The first kappa shape index (κ1) is 16.1. The minimum absolute atomic E-state index is 0.270. The zero-order valence-electron chi connectivity index (χ0n) is 13.5. The topological polar surface area (TPSA) is 35.5 Å². The number of hydrogen-bond donors (Lipinski definition) is 0. The smallest absolute Gasteiger partial charge is 0.394 e. The molecule has 0 fully saturated rings. The highest BCUT2D eigenvalue weighted by Crippen LogP contribution is 2.28. The van der Waals surface area contributed by atoms with Crippen LogP contribution in [0.4, 0.5) is 4.79 Å². The van der Waals surface area contributed by atoms with Crippen molar-refractivity contribution in [1.29, 1.82) is 0 Å². The van der Waals surface area contributed by atoms with Crippen LogP contribution in [0.3, 0.4) is 0 Å². The standard InChI is InChI=1S/C19H22O3/c1-13(2)15-9-5-7-11-17(15)21-19(20)22-18-12-8-6-10-16(18)14(3)4/h5-14H,1-4H3. The van der Waals surface area contributed by atoms with Crippen LogP contribution < -0.4 is 9.47 Å². The average Bonchev–Trinajstić information content (AvgIpc) is 2.47. The Balaban J connectivity index is 2.15. The van der Waals surface area contributed by atoms with Crippen molar-refractivity contribution < 1.29 is 14.3 Å². The zero-order valence-corrected chi connectivity index (χ0v) is 13.5. The number of benzene rings is 2. The van der Waals surface area contributed by atoms with Gasteiger partial charge in [0.05, 0.1) is 0 Å². The van der Waals surface area contributed by atoms with Gasteiger partial charge in [-0.05, 0) is 35.1 Å². The molecule has 0 radical (unpaired) electrons. The molecule has 2 rings (SSSR count).